The third-order valence-electron chi connectivity index (χ3n) is 4.57. The van der Waals surface area contributed by atoms with Crippen LogP contribution in [0.25, 0.3) is 0 Å². The van der Waals surface area contributed by atoms with Gasteiger partial charge < -0.3 is 15.8 Å². The van der Waals surface area contributed by atoms with Crippen LogP contribution < -0.4 is 11.1 Å². The number of aliphatic imine (C=N–C) groups is 1. The summed E-state index contributed by atoms with van der Waals surface area (Å²) < 4.78 is 5.70. The monoisotopic (exact) mass is 427 g/mol. The van der Waals surface area contributed by atoms with E-state index >= 15 is 0 Å². The molecule has 0 spiro atoms. The van der Waals surface area contributed by atoms with E-state index in [1.54, 1.807) is 0 Å². The second-order valence-corrected chi connectivity index (χ2v) is 6.37. The van der Waals surface area contributed by atoms with Gasteiger partial charge >= 0.3 is 0 Å². The Balaban J connectivity index is 0.00000192. The van der Waals surface area contributed by atoms with Crippen LogP contribution in [0.4, 0.5) is 5.69 Å². The SMILES string of the molecule is C=C(C)C1OCCC1CN=C(N)Nc1ccc2c(c1)CCC2.I. The first-order valence-corrected chi connectivity index (χ1v) is 8.09. The summed E-state index contributed by atoms with van der Waals surface area (Å²) in [7, 11) is 0. The summed E-state index contributed by atoms with van der Waals surface area (Å²) in [5.41, 5.74) is 11.0. The van der Waals surface area contributed by atoms with Gasteiger partial charge in [-0.25, -0.2) is 0 Å². The highest BCUT2D eigenvalue weighted by Crippen LogP contribution is 2.26. The smallest absolute Gasteiger partial charge is 0.193 e. The molecule has 126 valence electrons. The average molecular weight is 427 g/mol. The fourth-order valence-electron chi connectivity index (χ4n) is 3.42. The van der Waals surface area contributed by atoms with Gasteiger partial charge in [0, 0.05) is 24.8 Å². The highest BCUT2D eigenvalue weighted by Gasteiger charge is 2.28. The van der Waals surface area contributed by atoms with Gasteiger partial charge in [-0.3, -0.25) is 4.99 Å². The minimum Gasteiger partial charge on any atom is -0.374 e. The van der Waals surface area contributed by atoms with Gasteiger partial charge in [0.1, 0.15) is 0 Å². The molecule has 0 radical (unpaired) electrons. The van der Waals surface area contributed by atoms with Gasteiger partial charge in [0.15, 0.2) is 5.96 Å². The number of benzene rings is 1. The van der Waals surface area contributed by atoms with Crippen LogP contribution >= 0.6 is 24.0 Å². The molecule has 23 heavy (non-hydrogen) atoms. The van der Waals surface area contributed by atoms with Crippen molar-refractivity contribution >= 4 is 35.6 Å². The minimum atomic E-state index is 0. The zero-order valence-electron chi connectivity index (χ0n) is 13.7. The van der Waals surface area contributed by atoms with E-state index in [0.29, 0.717) is 18.4 Å². The van der Waals surface area contributed by atoms with Crippen LogP contribution in [0, 0.1) is 5.92 Å². The summed E-state index contributed by atoms with van der Waals surface area (Å²) >= 11 is 0. The van der Waals surface area contributed by atoms with Gasteiger partial charge in [-0.2, -0.15) is 0 Å². The number of halogens is 1. The summed E-state index contributed by atoms with van der Waals surface area (Å²) in [5.74, 6) is 0.864. The van der Waals surface area contributed by atoms with Gasteiger partial charge in [-0.1, -0.05) is 18.2 Å². The van der Waals surface area contributed by atoms with Crippen LogP contribution in [-0.4, -0.2) is 25.2 Å². The molecule has 0 saturated carbocycles. The van der Waals surface area contributed by atoms with Crippen molar-refractivity contribution in [2.75, 3.05) is 18.5 Å². The number of hydrogen-bond acceptors (Lipinski definition) is 2. The lowest BCUT2D eigenvalue weighted by Crippen LogP contribution is -2.26. The van der Waals surface area contributed by atoms with Gasteiger partial charge in [0.25, 0.3) is 0 Å². The van der Waals surface area contributed by atoms with E-state index in [1.807, 2.05) is 6.92 Å². The number of rotatable bonds is 4. The maximum absolute atomic E-state index is 6.03. The summed E-state index contributed by atoms with van der Waals surface area (Å²) in [6.07, 6.45) is 4.76. The summed E-state index contributed by atoms with van der Waals surface area (Å²) in [6.45, 7) is 7.48. The molecule has 1 aromatic rings. The third kappa shape index (κ3) is 4.47. The number of nitrogens with zero attached hydrogens (tertiary/aromatic N) is 1. The highest BCUT2D eigenvalue weighted by atomic mass is 127. The molecule has 2 atom stereocenters. The molecule has 0 amide bonds. The predicted octanol–water partition coefficient (Wildman–Crippen LogP) is 3.50. The molecule has 1 heterocycles. The summed E-state index contributed by atoms with van der Waals surface area (Å²) in [6, 6.07) is 6.47. The molecule has 1 aromatic carbocycles. The minimum absolute atomic E-state index is 0. The number of guanidine groups is 1. The van der Waals surface area contributed by atoms with Gasteiger partial charge in [0.2, 0.25) is 0 Å². The Morgan fingerprint density at radius 3 is 2.96 bits per heavy atom. The Hall–Kier alpha value is -1.08. The normalized spacial score (nSPS) is 23.3. The zero-order valence-corrected chi connectivity index (χ0v) is 16.0. The molecular weight excluding hydrogens is 401 g/mol. The van der Waals surface area contributed by atoms with E-state index in [-0.39, 0.29) is 30.1 Å². The van der Waals surface area contributed by atoms with Crippen molar-refractivity contribution in [3.8, 4) is 0 Å². The Morgan fingerprint density at radius 2 is 2.17 bits per heavy atom. The van der Waals surface area contributed by atoms with Crippen LogP contribution in [0.2, 0.25) is 0 Å². The van der Waals surface area contributed by atoms with Crippen LogP contribution in [0.15, 0.2) is 35.3 Å². The van der Waals surface area contributed by atoms with Gasteiger partial charge in [-0.05, 0) is 55.9 Å². The van der Waals surface area contributed by atoms with Crippen molar-refractivity contribution in [2.24, 2.45) is 16.6 Å². The van der Waals surface area contributed by atoms with E-state index in [2.05, 4.69) is 35.1 Å². The molecule has 2 aliphatic rings. The molecule has 0 bridgehead atoms. The number of aryl methyl sites for hydroxylation is 2. The predicted molar refractivity (Wildman–Crippen MR) is 107 cm³/mol. The lowest BCUT2D eigenvalue weighted by atomic mass is 9.97. The number of hydrogen-bond donors (Lipinski definition) is 2. The molecular formula is C18H26IN3O. The number of anilines is 1. The number of ether oxygens (including phenoxy) is 1. The van der Waals surface area contributed by atoms with Crippen molar-refractivity contribution in [1.82, 2.24) is 0 Å². The highest BCUT2D eigenvalue weighted by molar-refractivity contribution is 14.0. The molecule has 1 saturated heterocycles. The Labute approximate surface area is 155 Å². The van der Waals surface area contributed by atoms with Crippen LogP contribution in [0.5, 0.6) is 0 Å². The molecule has 1 fully saturated rings. The van der Waals surface area contributed by atoms with E-state index in [9.17, 15) is 0 Å². The van der Waals surface area contributed by atoms with E-state index in [1.165, 1.54) is 30.4 Å². The summed E-state index contributed by atoms with van der Waals surface area (Å²) in [5, 5.41) is 3.20. The van der Waals surface area contributed by atoms with E-state index in [4.69, 9.17) is 10.5 Å². The molecule has 3 rings (SSSR count). The number of fused-ring (bicyclic) bond motifs is 1. The van der Waals surface area contributed by atoms with Crippen molar-refractivity contribution < 1.29 is 4.74 Å². The topological polar surface area (TPSA) is 59.6 Å². The average Bonchev–Trinajstić information content (AvgIpc) is 3.13. The van der Waals surface area contributed by atoms with Gasteiger partial charge in [0.05, 0.1) is 6.10 Å². The quantitative estimate of drug-likeness (QED) is 0.335. The standard InChI is InChI=1S/C18H25N3O.HI/c1-12(2)17-15(8-9-22-17)11-20-18(19)21-16-7-6-13-4-3-5-14(13)10-16;/h6-7,10,15,17H,1,3-5,8-9,11H2,2H3,(H3,19,20,21);1H. The van der Waals surface area contributed by atoms with Crippen molar-refractivity contribution in [3.63, 3.8) is 0 Å². The lowest BCUT2D eigenvalue weighted by Gasteiger charge is -2.17. The van der Waals surface area contributed by atoms with Gasteiger partial charge in [-0.15, -0.1) is 24.0 Å². The molecule has 1 aliphatic heterocycles. The fraction of sp³-hybridized carbons (Fsp3) is 0.500. The fourth-order valence-corrected chi connectivity index (χ4v) is 3.42. The number of nitrogens with one attached hydrogen (secondary N) is 1. The third-order valence-corrected chi connectivity index (χ3v) is 4.57. The van der Waals surface area contributed by atoms with Crippen LogP contribution in [0.1, 0.15) is 30.9 Å². The Bertz CT molecular complexity index is 600. The molecule has 3 N–H and O–H groups in total. The maximum Gasteiger partial charge on any atom is 0.193 e. The molecule has 4 nitrogen and oxygen atoms in total. The first-order valence-electron chi connectivity index (χ1n) is 8.09. The van der Waals surface area contributed by atoms with Crippen LogP contribution in [0.3, 0.4) is 0 Å². The summed E-state index contributed by atoms with van der Waals surface area (Å²) in [4.78, 5) is 4.49. The molecule has 5 heteroatoms. The van der Waals surface area contributed by atoms with Crippen molar-refractivity contribution in [3.05, 3.63) is 41.5 Å². The zero-order chi connectivity index (χ0) is 15.5. The Morgan fingerprint density at radius 1 is 1.39 bits per heavy atom. The molecule has 1 aliphatic carbocycles. The second kappa shape index (κ2) is 8.15. The lowest BCUT2D eigenvalue weighted by molar-refractivity contribution is 0.120. The van der Waals surface area contributed by atoms with Crippen LogP contribution in [-0.2, 0) is 17.6 Å². The molecule has 2 unspecified atom stereocenters. The largest absolute Gasteiger partial charge is 0.374 e. The first kappa shape index (κ1) is 18.3. The maximum atomic E-state index is 6.03. The van der Waals surface area contributed by atoms with E-state index < -0.39 is 0 Å². The Kier molecular flexibility index (Phi) is 6.47. The van der Waals surface area contributed by atoms with E-state index in [0.717, 1.165) is 24.3 Å². The second-order valence-electron chi connectivity index (χ2n) is 6.37. The first-order chi connectivity index (χ1) is 10.6. The molecule has 0 aromatic heterocycles. The number of nitrogens with two attached hydrogens (primary N) is 1. The van der Waals surface area contributed by atoms with Crippen molar-refractivity contribution in [2.45, 2.75) is 38.7 Å². The van der Waals surface area contributed by atoms with Crippen molar-refractivity contribution in [1.29, 1.82) is 0 Å².